The number of halogens is 4. The molecule has 1 atom stereocenters. The summed E-state index contributed by atoms with van der Waals surface area (Å²) in [6.07, 6.45) is -1.22. The molecule has 0 N–H and O–H groups in total. The average molecular weight is 470 g/mol. The van der Waals surface area contributed by atoms with E-state index in [9.17, 15) is 22.4 Å². The summed E-state index contributed by atoms with van der Waals surface area (Å²) in [6, 6.07) is 6.80. The number of hydrogen-bond donors (Lipinski definition) is 0. The summed E-state index contributed by atoms with van der Waals surface area (Å²) in [5.74, 6) is -0.672. The van der Waals surface area contributed by atoms with Crippen molar-refractivity contribution in [1.29, 1.82) is 0 Å². The van der Waals surface area contributed by atoms with E-state index in [1.165, 1.54) is 13.2 Å². The lowest BCUT2D eigenvalue weighted by Crippen LogP contribution is -2.45. The quantitative estimate of drug-likeness (QED) is 0.290. The van der Waals surface area contributed by atoms with Crippen LogP contribution in [0, 0.1) is 12.7 Å². The Balaban J connectivity index is 2.08. The molecule has 0 spiro atoms. The number of hydrogen-bond acceptors (Lipinski definition) is 4. The van der Waals surface area contributed by atoms with Gasteiger partial charge in [-0.2, -0.15) is 13.2 Å². The Morgan fingerprint density at radius 2 is 1.97 bits per heavy atom. The number of aryl methyl sites for hydroxylation is 1. The van der Waals surface area contributed by atoms with Gasteiger partial charge in [0.2, 0.25) is 0 Å². The van der Waals surface area contributed by atoms with Crippen molar-refractivity contribution in [3.8, 4) is 5.75 Å². The van der Waals surface area contributed by atoms with Gasteiger partial charge in [0.15, 0.2) is 5.78 Å². The summed E-state index contributed by atoms with van der Waals surface area (Å²) >= 11 is 1.08. The van der Waals surface area contributed by atoms with Gasteiger partial charge in [-0.25, -0.2) is 4.39 Å². The van der Waals surface area contributed by atoms with E-state index >= 15 is 0 Å². The summed E-state index contributed by atoms with van der Waals surface area (Å²) < 4.78 is 59.2. The number of alkyl halides is 3. The number of methoxy groups -OCH3 is 1. The molecule has 0 amide bonds. The Labute approximate surface area is 190 Å². The lowest BCUT2D eigenvalue weighted by atomic mass is 9.70. The first-order chi connectivity index (χ1) is 15.0. The number of Topliss-reactive ketones (excluding diaryl/α,β-unsaturated/α-hetero) is 1. The molecule has 174 valence electrons. The first kappa shape index (κ1) is 24.6. The molecule has 1 heterocycles. The van der Waals surface area contributed by atoms with E-state index in [2.05, 4.69) is 4.90 Å². The highest BCUT2D eigenvalue weighted by atomic mass is 32.2. The molecule has 0 aliphatic carbocycles. The molecule has 1 aliphatic heterocycles. The van der Waals surface area contributed by atoms with Crippen LogP contribution in [0.4, 0.5) is 17.6 Å². The van der Waals surface area contributed by atoms with E-state index in [4.69, 9.17) is 4.74 Å². The Bertz CT molecular complexity index is 983. The summed E-state index contributed by atoms with van der Waals surface area (Å²) in [5, 5.41) is 0. The fourth-order valence-electron chi connectivity index (χ4n) is 4.56. The molecular weight excluding hydrogens is 442 g/mol. The van der Waals surface area contributed by atoms with Crippen LogP contribution in [0.15, 0.2) is 35.2 Å². The van der Waals surface area contributed by atoms with Gasteiger partial charge in [-0.15, -0.1) is 11.8 Å². The zero-order chi connectivity index (χ0) is 23.7. The molecule has 3 nitrogen and oxygen atoms in total. The standard InChI is InChI=1S/C24H27F4NO2S/c1-15-10-16(6-7-18(15)25)23(8-5-9-29(2)14-23)13-19(30)22-20(31-3)11-17(24(26,27)28)12-21(22)32-4/h6-7,10-12H,5,8-9,13-14H2,1-4H3. The smallest absolute Gasteiger partial charge is 0.416 e. The topological polar surface area (TPSA) is 29.5 Å². The predicted octanol–water partition coefficient (Wildman–Crippen LogP) is 6.12. The van der Waals surface area contributed by atoms with Crippen molar-refractivity contribution >= 4 is 17.5 Å². The molecule has 2 aromatic carbocycles. The number of carbonyl (C=O) groups is 1. The highest BCUT2D eigenvalue weighted by Crippen LogP contribution is 2.42. The van der Waals surface area contributed by atoms with Gasteiger partial charge in [0.25, 0.3) is 0 Å². The number of ether oxygens (including phenoxy) is 1. The third kappa shape index (κ3) is 4.96. The van der Waals surface area contributed by atoms with Crippen molar-refractivity contribution < 1.29 is 27.1 Å². The van der Waals surface area contributed by atoms with Crippen LogP contribution < -0.4 is 4.74 Å². The van der Waals surface area contributed by atoms with Crippen LogP contribution in [0.1, 0.15) is 46.3 Å². The first-order valence-electron chi connectivity index (χ1n) is 10.3. The van der Waals surface area contributed by atoms with E-state index in [0.29, 0.717) is 12.1 Å². The lowest BCUT2D eigenvalue weighted by molar-refractivity contribution is -0.137. The van der Waals surface area contributed by atoms with Gasteiger partial charge in [0.05, 0.1) is 18.2 Å². The Kier molecular flexibility index (Phi) is 7.25. The summed E-state index contributed by atoms with van der Waals surface area (Å²) in [6.45, 7) is 3.17. The summed E-state index contributed by atoms with van der Waals surface area (Å²) in [5.41, 5.74) is 0.120. The van der Waals surface area contributed by atoms with Crippen LogP contribution in [0.5, 0.6) is 5.75 Å². The van der Waals surface area contributed by atoms with Gasteiger partial charge in [-0.1, -0.05) is 12.1 Å². The van der Waals surface area contributed by atoms with E-state index in [1.807, 2.05) is 7.05 Å². The Morgan fingerprint density at radius 1 is 1.25 bits per heavy atom. The zero-order valence-corrected chi connectivity index (χ0v) is 19.4. The average Bonchev–Trinajstić information content (AvgIpc) is 2.73. The van der Waals surface area contributed by atoms with Gasteiger partial charge in [0, 0.05) is 23.3 Å². The van der Waals surface area contributed by atoms with Crippen LogP contribution >= 0.6 is 11.8 Å². The minimum Gasteiger partial charge on any atom is -0.496 e. The molecule has 0 radical (unpaired) electrons. The highest BCUT2D eigenvalue weighted by Gasteiger charge is 2.40. The van der Waals surface area contributed by atoms with Crippen LogP contribution in [-0.4, -0.2) is 44.2 Å². The molecule has 1 aliphatic rings. The minimum absolute atomic E-state index is 0.0798. The van der Waals surface area contributed by atoms with E-state index in [0.717, 1.165) is 48.8 Å². The molecule has 1 fully saturated rings. The second kappa shape index (κ2) is 9.43. The zero-order valence-electron chi connectivity index (χ0n) is 18.6. The maximum atomic E-state index is 13.9. The van der Waals surface area contributed by atoms with Crippen molar-refractivity contribution in [2.75, 3.05) is 33.5 Å². The minimum atomic E-state index is -4.54. The van der Waals surface area contributed by atoms with Gasteiger partial charge in [-0.05, 0) is 68.9 Å². The van der Waals surface area contributed by atoms with Crippen LogP contribution in [0.3, 0.4) is 0 Å². The van der Waals surface area contributed by atoms with E-state index < -0.39 is 17.2 Å². The molecule has 8 heteroatoms. The van der Waals surface area contributed by atoms with Gasteiger partial charge < -0.3 is 9.64 Å². The van der Waals surface area contributed by atoms with Crippen molar-refractivity contribution in [3.63, 3.8) is 0 Å². The molecule has 1 saturated heterocycles. The molecule has 3 rings (SSSR count). The number of piperidine rings is 1. The second-order valence-electron chi connectivity index (χ2n) is 8.44. The molecular formula is C24H27F4NO2S. The fourth-order valence-corrected chi connectivity index (χ4v) is 5.23. The monoisotopic (exact) mass is 469 g/mol. The Hall–Kier alpha value is -2.06. The molecule has 1 unspecified atom stereocenters. The van der Waals surface area contributed by atoms with Gasteiger partial charge in [-0.3, -0.25) is 4.79 Å². The second-order valence-corrected chi connectivity index (χ2v) is 9.29. The van der Waals surface area contributed by atoms with E-state index in [1.54, 1.807) is 25.3 Å². The van der Waals surface area contributed by atoms with Crippen molar-refractivity contribution in [2.24, 2.45) is 0 Å². The summed E-state index contributed by atoms with van der Waals surface area (Å²) in [7, 11) is 3.24. The number of carbonyl (C=O) groups excluding carboxylic acids is 1. The summed E-state index contributed by atoms with van der Waals surface area (Å²) in [4.78, 5) is 16.0. The van der Waals surface area contributed by atoms with Gasteiger partial charge in [0.1, 0.15) is 11.6 Å². The number of likely N-dealkylation sites (N-methyl/N-ethyl adjacent to an activating group) is 1. The maximum absolute atomic E-state index is 13.9. The number of likely N-dealkylation sites (tertiary alicyclic amines) is 1. The van der Waals surface area contributed by atoms with Crippen LogP contribution in [0.2, 0.25) is 0 Å². The number of thioether (sulfide) groups is 1. The van der Waals surface area contributed by atoms with Crippen molar-refractivity contribution in [3.05, 3.63) is 58.4 Å². The number of benzene rings is 2. The molecule has 0 aromatic heterocycles. The molecule has 0 saturated carbocycles. The van der Waals surface area contributed by atoms with Gasteiger partial charge >= 0.3 is 6.18 Å². The normalized spacial score (nSPS) is 19.8. The van der Waals surface area contributed by atoms with Crippen molar-refractivity contribution in [1.82, 2.24) is 4.90 Å². The van der Waals surface area contributed by atoms with Crippen LogP contribution in [-0.2, 0) is 11.6 Å². The molecule has 2 aromatic rings. The third-order valence-corrected chi connectivity index (χ3v) is 6.91. The Morgan fingerprint density at radius 3 is 2.53 bits per heavy atom. The number of ketones is 1. The first-order valence-corrected chi connectivity index (χ1v) is 11.5. The van der Waals surface area contributed by atoms with Crippen molar-refractivity contribution in [2.45, 2.75) is 42.7 Å². The SMILES string of the molecule is COc1cc(C(F)(F)F)cc(SC)c1C(=O)CC1(c2ccc(F)c(C)c2)CCCN(C)C1. The lowest BCUT2D eigenvalue weighted by Gasteiger charge is -2.42. The highest BCUT2D eigenvalue weighted by molar-refractivity contribution is 7.98. The largest absolute Gasteiger partial charge is 0.496 e. The molecule has 32 heavy (non-hydrogen) atoms. The van der Waals surface area contributed by atoms with Crippen LogP contribution in [0.25, 0.3) is 0 Å². The van der Waals surface area contributed by atoms with E-state index in [-0.39, 0.29) is 34.2 Å². The maximum Gasteiger partial charge on any atom is 0.416 e. The number of nitrogens with zero attached hydrogens (tertiary/aromatic N) is 1. The predicted molar refractivity (Wildman–Crippen MR) is 118 cm³/mol. The fraction of sp³-hybridized carbons (Fsp3) is 0.458. The molecule has 0 bridgehead atoms. The third-order valence-electron chi connectivity index (χ3n) is 6.15. The number of rotatable bonds is 6.